The fourth-order valence-electron chi connectivity index (χ4n) is 2.07. The monoisotopic (exact) mass is 308 g/mol. The molecule has 4 heteroatoms. The largest absolute Gasteiger partial charge is 0.462 e. The molecule has 0 spiro atoms. The molecule has 0 atom stereocenters. The van der Waals surface area contributed by atoms with Gasteiger partial charge in [-0.3, -0.25) is 0 Å². The molecule has 1 N–H and O–H groups in total. The van der Waals surface area contributed by atoms with Crippen LogP contribution < -0.4 is 5.32 Å². The summed E-state index contributed by atoms with van der Waals surface area (Å²) >= 11 is 0. The van der Waals surface area contributed by atoms with Crippen LogP contribution in [0.3, 0.4) is 0 Å². The zero-order valence-corrected chi connectivity index (χ0v) is 14.3. The summed E-state index contributed by atoms with van der Waals surface area (Å²) in [7, 11) is 0. The fraction of sp³-hybridized carbons (Fsp3) is 0.778. The number of carbonyl (C=O) groups excluding carboxylic acids is 1. The predicted molar refractivity (Wildman–Crippen MR) is 90.2 cm³/mol. The first kappa shape index (κ1) is 20.5. The van der Waals surface area contributed by atoms with Crippen molar-refractivity contribution in [3.05, 3.63) is 11.8 Å². The molecule has 4 nitrogen and oxygen atoms in total. The third kappa shape index (κ3) is 12.3. The number of rotatable bonds is 14. The molecule has 22 heavy (non-hydrogen) atoms. The topological polar surface area (TPSA) is 62.1 Å². The van der Waals surface area contributed by atoms with E-state index in [-0.39, 0.29) is 5.57 Å². The van der Waals surface area contributed by atoms with Crippen LogP contribution in [-0.4, -0.2) is 19.1 Å². The molecule has 0 aliphatic heterocycles. The van der Waals surface area contributed by atoms with E-state index in [1.54, 1.807) is 0 Å². The Balaban J connectivity index is 3.63. The minimum Gasteiger partial charge on any atom is -0.462 e. The van der Waals surface area contributed by atoms with Crippen LogP contribution in [0.4, 0.5) is 0 Å². The maximum Gasteiger partial charge on any atom is 0.350 e. The zero-order chi connectivity index (χ0) is 16.5. The van der Waals surface area contributed by atoms with Crippen LogP contribution in [0.15, 0.2) is 11.8 Å². The summed E-state index contributed by atoms with van der Waals surface area (Å²) in [5, 5.41) is 11.9. The fourth-order valence-corrected chi connectivity index (χ4v) is 2.07. The van der Waals surface area contributed by atoms with Crippen molar-refractivity contribution < 1.29 is 9.53 Å². The molecular formula is C18H32N2O2. The van der Waals surface area contributed by atoms with E-state index in [1.165, 1.54) is 44.7 Å². The van der Waals surface area contributed by atoms with Gasteiger partial charge in [-0.05, 0) is 12.8 Å². The number of nitriles is 1. The minimum absolute atomic E-state index is 0.0515. The number of hydrogen-bond donors (Lipinski definition) is 1. The van der Waals surface area contributed by atoms with Crippen LogP contribution in [0.5, 0.6) is 0 Å². The van der Waals surface area contributed by atoms with Crippen molar-refractivity contribution in [3.8, 4) is 6.07 Å². The lowest BCUT2D eigenvalue weighted by Crippen LogP contribution is -2.13. The van der Waals surface area contributed by atoms with Gasteiger partial charge in [-0.15, -0.1) is 0 Å². The highest BCUT2D eigenvalue weighted by atomic mass is 16.5. The van der Waals surface area contributed by atoms with Crippen LogP contribution >= 0.6 is 0 Å². The standard InChI is InChI=1S/C18H32N2O2/c1-3-5-7-8-9-10-11-12-14-22-18(21)17(15-19)16-20-13-6-4-2/h16,20H,3-14H2,1-2H3/b17-16+. The number of hydrogen-bond acceptors (Lipinski definition) is 4. The maximum absolute atomic E-state index is 11.7. The van der Waals surface area contributed by atoms with E-state index < -0.39 is 5.97 Å². The molecule has 0 rings (SSSR count). The van der Waals surface area contributed by atoms with Crippen molar-refractivity contribution >= 4 is 5.97 Å². The van der Waals surface area contributed by atoms with Gasteiger partial charge in [0.15, 0.2) is 5.57 Å². The molecule has 0 aromatic heterocycles. The molecule has 0 fully saturated rings. The van der Waals surface area contributed by atoms with E-state index in [0.717, 1.165) is 32.2 Å². The Morgan fingerprint density at radius 1 is 1.00 bits per heavy atom. The second-order valence-corrected chi connectivity index (χ2v) is 5.59. The third-order valence-electron chi connectivity index (χ3n) is 3.49. The van der Waals surface area contributed by atoms with Crippen molar-refractivity contribution in [3.63, 3.8) is 0 Å². The molecule has 0 heterocycles. The van der Waals surface area contributed by atoms with Crippen molar-refractivity contribution in [2.45, 2.75) is 78.1 Å². The molecule has 0 radical (unpaired) electrons. The minimum atomic E-state index is -0.519. The summed E-state index contributed by atoms with van der Waals surface area (Å²) in [6, 6.07) is 1.88. The first-order valence-electron chi connectivity index (χ1n) is 8.77. The van der Waals surface area contributed by atoms with E-state index >= 15 is 0 Å². The second kappa shape index (κ2) is 15.9. The normalized spacial score (nSPS) is 11.0. The van der Waals surface area contributed by atoms with E-state index in [9.17, 15) is 4.79 Å². The van der Waals surface area contributed by atoms with Gasteiger partial charge in [-0.25, -0.2) is 4.79 Å². The highest BCUT2D eigenvalue weighted by molar-refractivity contribution is 5.92. The summed E-state index contributed by atoms with van der Waals surface area (Å²) in [4.78, 5) is 11.7. The number of esters is 1. The van der Waals surface area contributed by atoms with Gasteiger partial charge in [0.05, 0.1) is 6.61 Å². The van der Waals surface area contributed by atoms with Crippen LogP contribution in [0.1, 0.15) is 78.1 Å². The lowest BCUT2D eigenvalue weighted by molar-refractivity contribution is -0.138. The number of nitrogens with one attached hydrogen (secondary N) is 1. The Bertz CT molecular complexity index is 345. The quantitative estimate of drug-likeness (QED) is 0.223. The van der Waals surface area contributed by atoms with Crippen LogP contribution in [0.2, 0.25) is 0 Å². The molecule has 0 amide bonds. The van der Waals surface area contributed by atoms with Gasteiger partial charge in [0.1, 0.15) is 6.07 Å². The van der Waals surface area contributed by atoms with Crippen molar-refractivity contribution in [1.82, 2.24) is 5.32 Å². The van der Waals surface area contributed by atoms with Gasteiger partial charge < -0.3 is 10.1 Å². The number of unbranched alkanes of at least 4 members (excludes halogenated alkanes) is 8. The predicted octanol–water partition coefficient (Wildman–Crippen LogP) is 4.47. The first-order chi connectivity index (χ1) is 10.8. The molecular weight excluding hydrogens is 276 g/mol. The second-order valence-electron chi connectivity index (χ2n) is 5.59. The summed E-state index contributed by atoms with van der Waals surface area (Å²) < 4.78 is 5.13. The molecule has 0 aliphatic rings. The Morgan fingerprint density at radius 2 is 1.59 bits per heavy atom. The molecule has 0 aliphatic carbocycles. The van der Waals surface area contributed by atoms with E-state index in [1.807, 2.05) is 6.07 Å². The van der Waals surface area contributed by atoms with E-state index in [4.69, 9.17) is 10.00 Å². The number of ether oxygens (including phenoxy) is 1. The van der Waals surface area contributed by atoms with Crippen LogP contribution in [0.25, 0.3) is 0 Å². The molecule has 0 aromatic carbocycles. The molecule has 126 valence electrons. The van der Waals surface area contributed by atoms with Gasteiger partial charge in [0.2, 0.25) is 0 Å². The highest BCUT2D eigenvalue weighted by Gasteiger charge is 2.09. The van der Waals surface area contributed by atoms with Gasteiger partial charge in [0.25, 0.3) is 0 Å². The molecule has 0 saturated heterocycles. The van der Waals surface area contributed by atoms with E-state index in [2.05, 4.69) is 19.2 Å². The Kier molecular flexibility index (Phi) is 14.8. The van der Waals surface area contributed by atoms with Crippen LogP contribution in [-0.2, 0) is 9.53 Å². The van der Waals surface area contributed by atoms with Crippen LogP contribution in [0, 0.1) is 11.3 Å². The zero-order valence-electron chi connectivity index (χ0n) is 14.3. The van der Waals surface area contributed by atoms with Gasteiger partial charge in [-0.2, -0.15) is 5.26 Å². The number of carbonyl (C=O) groups is 1. The SMILES string of the molecule is CCCCCCCCCCOC(=O)/C(C#N)=C/NCCCC. The molecule has 0 saturated carbocycles. The lowest BCUT2D eigenvalue weighted by atomic mass is 10.1. The maximum atomic E-state index is 11.7. The van der Waals surface area contributed by atoms with Crippen molar-refractivity contribution in [2.75, 3.05) is 13.2 Å². The Labute approximate surface area is 135 Å². The summed E-state index contributed by atoms with van der Waals surface area (Å²) in [5.41, 5.74) is 0.0515. The molecule has 0 bridgehead atoms. The average Bonchev–Trinajstić information content (AvgIpc) is 2.53. The van der Waals surface area contributed by atoms with Gasteiger partial charge in [-0.1, -0.05) is 65.2 Å². The van der Waals surface area contributed by atoms with E-state index in [0.29, 0.717) is 6.61 Å². The Morgan fingerprint density at radius 3 is 2.18 bits per heavy atom. The molecule has 0 unspecified atom stereocenters. The van der Waals surface area contributed by atoms with Gasteiger partial charge >= 0.3 is 5.97 Å². The summed E-state index contributed by atoms with van der Waals surface area (Å²) in [6.45, 7) is 5.49. The highest BCUT2D eigenvalue weighted by Crippen LogP contribution is 2.08. The van der Waals surface area contributed by atoms with Gasteiger partial charge in [0, 0.05) is 12.7 Å². The third-order valence-corrected chi connectivity index (χ3v) is 3.49. The summed E-state index contributed by atoms with van der Waals surface area (Å²) in [6.07, 6.45) is 13.2. The number of nitrogens with zero attached hydrogens (tertiary/aromatic N) is 1. The Hall–Kier alpha value is -1.50. The molecule has 0 aromatic rings. The van der Waals surface area contributed by atoms with Crippen molar-refractivity contribution in [2.24, 2.45) is 0 Å². The smallest absolute Gasteiger partial charge is 0.350 e. The first-order valence-corrected chi connectivity index (χ1v) is 8.77. The van der Waals surface area contributed by atoms with Crippen molar-refractivity contribution in [1.29, 1.82) is 5.26 Å². The average molecular weight is 308 g/mol. The lowest BCUT2D eigenvalue weighted by Gasteiger charge is -2.05. The summed E-state index contributed by atoms with van der Waals surface area (Å²) in [5.74, 6) is -0.519.